The lowest BCUT2D eigenvalue weighted by atomic mass is 10.1. The molecular weight excluding hydrogens is 332 g/mol. The van der Waals surface area contributed by atoms with E-state index in [1.807, 2.05) is 4.72 Å². The van der Waals surface area contributed by atoms with E-state index >= 15 is 0 Å². The molecule has 2 rings (SSSR count). The maximum Gasteiger partial charge on any atom is 0.274 e. The largest absolute Gasteiger partial charge is 0.481 e. The van der Waals surface area contributed by atoms with E-state index in [-0.39, 0.29) is 10.7 Å². The van der Waals surface area contributed by atoms with Crippen molar-refractivity contribution in [3.63, 3.8) is 0 Å². The number of nitrogens with zero attached hydrogens (tertiary/aromatic N) is 1. The third-order valence-corrected chi connectivity index (χ3v) is 4.43. The van der Waals surface area contributed by atoms with Crippen LogP contribution >= 0.6 is 0 Å². The van der Waals surface area contributed by atoms with Crippen LogP contribution in [0.4, 0.5) is 0 Å². The number of carbonyl (C=O) groups is 2. The monoisotopic (exact) mass is 348 g/mol. The summed E-state index contributed by atoms with van der Waals surface area (Å²) < 4.78 is 31.5. The van der Waals surface area contributed by atoms with E-state index in [0.29, 0.717) is 11.3 Å². The van der Waals surface area contributed by atoms with Crippen molar-refractivity contribution in [2.75, 3.05) is 0 Å². The van der Waals surface area contributed by atoms with Gasteiger partial charge in [0.1, 0.15) is 10.6 Å². The maximum atomic E-state index is 12.1. The van der Waals surface area contributed by atoms with Crippen LogP contribution in [-0.4, -0.2) is 31.2 Å². The van der Waals surface area contributed by atoms with Crippen LogP contribution < -0.4 is 9.46 Å². The summed E-state index contributed by atoms with van der Waals surface area (Å²) in [5.41, 5.74) is 0.433. The lowest BCUT2D eigenvalue weighted by molar-refractivity contribution is -0.125. The fraction of sp³-hybridized carbons (Fsp3) is 0.188. The highest BCUT2D eigenvalue weighted by molar-refractivity contribution is 7.90. The predicted molar refractivity (Wildman–Crippen MR) is 86.1 cm³/mol. The molecule has 0 aliphatic heterocycles. The van der Waals surface area contributed by atoms with Gasteiger partial charge in [-0.05, 0) is 38.1 Å². The molecule has 0 spiro atoms. The summed E-state index contributed by atoms with van der Waals surface area (Å²) in [5.74, 6) is -0.673. The molecule has 1 N–H and O–H groups in total. The van der Waals surface area contributed by atoms with E-state index in [4.69, 9.17) is 4.74 Å². The fourth-order valence-electron chi connectivity index (χ4n) is 1.83. The first kappa shape index (κ1) is 17.6. The normalized spacial score (nSPS) is 12.2. The van der Waals surface area contributed by atoms with Gasteiger partial charge in [-0.3, -0.25) is 14.6 Å². The Morgan fingerprint density at radius 1 is 1.21 bits per heavy atom. The number of rotatable bonds is 6. The second kappa shape index (κ2) is 7.22. The molecule has 0 aliphatic carbocycles. The Bertz CT molecular complexity index is 850. The Morgan fingerprint density at radius 2 is 1.96 bits per heavy atom. The lowest BCUT2D eigenvalue weighted by Gasteiger charge is -2.15. The van der Waals surface area contributed by atoms with E-state index in [2.05, 4.69) is 4.98 Å². The number of aromatic nitrogens is 1. The molecule has 0 fully saturated rings. The molecule has 0 radical (unpaired) electrons. The van der Waals surface area contributed by atoms with Crippen LogP contribution in [0.2, 0.25) is 0 Å². The number of sulfonamides is 1. The summed E-state index contributed by atoms with van der Waals surface area (Å²) in [6.45, 7) is 2.82. The Kier molecular flexibility index (Phi) is 5.30. The number of benzene rings is 1. The van der Waals surface area contributed by atoms with Crippen LogP contribution in [0, 0.1) is 0 Å². The van der Waals surface area contributed by atoms with Crippen molar-refractivity contribution in [3.05, 3.63) is 54.4 Å². The summed E-state index contributed by atoms with van der Waals surface area (Å²) in [5, 5.41) is 0. The highest BCUT2D eigenvalue weighted by atomic mass is 32.2. The van der Waals surface area contributed by atoms with Crippen molar-refractivity contribution >= 4 is 21.7 Å². The van der Waals surface area contributed by atoms with Gasteiger partial charge in [-0.2, -0.15) is 0 Å². The van der Waals surface area contributed by atoms with Crippen molar-refractivity contribution in [3.8, 4) is 5.75 Å². The molecule has 1 heterocycles. The van der Waals surface area contributed by atoms with Crippen LogP contribution in [0.25, 0.3) is 0 Å². The predicted octanol–water partition coefficient (Wildman–Crippen LogP) is 1.56. The molecule has 7 nitrogen and oxygen atoms in total. The molecule has 126 valence electrons. The molecule has 1 atom stereocenters. The summed E-state index contributed by atoms with van der Waals surface area (Å²) in [6.07, 6.45) is 1.49. The van der Waals surface area contributed by atoms with Crippen LogP contribution in [0.1, 0.15) is 24.2 Å². The molecule has 1 amide bonds. The minimum absolute atomic E-state index is 0.121. The molecule has 24 heavy (non-hydrogen) atoms. The van der Waals surface area contributed by atoms with Crippen molar-refractivity contribution in [2.45, 2.75) is 24.8 Å². The summed E-state index contributed by atoms with van der Waals surface area (Å²) in [4.78, 5) is 27.0. The third kappa shape index (κ3) is 4.39. The minimum Gasteiger partial charge on any atom is -0.481 e. The minimum atomic E-state index is -4.01. The zero-order valence-electron chi connectivity index (χ0n) is 13.1. The van der Waals surface area contributed by atoms with Gasteiger partial charge in [0.25, 0.3) is 15.9 Å². The number of Topliss-reactive ketones (excluding diaryl/α,β-unsaturated/α-hetero) is 1. The average molecular weight is 348 g/mol. The molecular formula is C16H16N2O5S. The quantitative estimate of drug-likeness (QED) is 0.795. The second-order valence-electron chi connectivity index (χ2n) is 5.00. The molecule has 0 saturated heterocycles. The first-order valence-electron chi connectivity index (χ1n) is 7.04. The molecule has 1 aromatic heterocycles. The number of ether oxygens (including phenoxy) is 1. The third-order valence-electron chi connectivity index (χ3n) is 3.10. The maximum absolute atomic E-state index is 12.1. The Labute approximate surface area is 139 Å². The number of hydrogen-bond acceptors (Lipinski definition) is 6. The molecule has 1 aromatic carbocycles. The average Bonchev–Trinajstić information content (AvgIpc) is 2.55. The topological polar surface area (TPSA) is 102 Å². The fourth-order valence-corrected chi connectivity index (χ4v) is 2.83. The van der Waals surface area contributed by atoms with E-state index in [1.54, 1.807) is 18.2 Å². The summed E-state index contributed by atoms with van der Waals surface area (Å²) >= 11 is 0. The zero-order valence-corrected chi connectivity index (χ0v) is 13.9. The first-order chi connectivity index (χ1) is 11.3. The molecule has 0 saturated carbocycles. The van der Waals surface area contributed by atoms with Gasteiger partial charge in [0.2, 0.25) is 0 Å². The van der Waals surface area contributed by atoms with Gasteiger partial charge in [-0.15, -0.1) is 0 Å². The number of carbonyl (C=O) groups excluding carboxylic acids is 2. The van der Waals surface area contributed by atoms with Crippen molar-refractivity contribution in [2.24, 2.45) is 0 Å². The van der Waals surface area contributed by atoms with E-state index in [9.17, 15) is 18.0 Å². The highest BCUT2D eigenvalue weighted by Gasteiger charge is 2.23. The summed E-state index contributed by atoms with van der Waals surface area (Å²) in [7, 11) is -4.01. The SMILES string of the molecule is CC(=O)c1cccc(OC(C)C(=O)NS(=O)(=O)c2cccnc2)c1. The number of nitrogens with one attached hydrogen (secondary N) is 1. The van der Waals surface area contributed by atoms with Gasteiger partial charge in [-0.1, -0.05) is 12.1 Å². The second-order valence-corrected chi connectivity index (χ2v) is 6.68. The van der Waals surface area contributed by atoms with Crippen molar-refractivity contribution in [1.82, 2.24) is 9.71 Å². The first-order valence-corrected chi connectivity index (χ1v) is 8.52. The smallest absolute Gasteiger partial charge is 0.274 e. The van der Waals surface area contributed by atoms with Gasteiger partial charge in [0.05, 0.1) is 0 Å². The zero-order chi connectivity index (χ0) is 17.7. The molecule has 0 bridgehead atoms. The van der Waals surface area contributed by atoms with Crippen LogP contribution in [0.5, 0.6) is 5.75 Å². The molecule has 0 aliphatic rings. The standard InChI is InChI=1S/C16H16N2O5S/c1-11(19)13-5-3-6-14(9-13)23-12(2)16(20)18-24(21,22)15-7-4-8-17-10-15/h3-10,12H,1-2H3,(H,18,20). The Hall–Kier alpha value is -2.74. The summed E-state index contributed by atoms with van der Waals surface area (Å²) in [6, 6.07) is 9.07. The Morgan fingerprint density at radius 3 is 2.58 bits per heavy atom. The molecule has 8 heteroatoms. The van der Waals surface area contributed by atoms with E-state index in [0.717, 1.165) is 6.20 Å². The van der Waals surface area contributed by atoms with Gasteiger partial charge in [0.15, 0.2) is 11.9 Å². The van der Waals surface area contributed by atoms with Crippen LogP contribution in [0.3, 0.4) is 0 Å². The van der Waals surface area contributed by atoms with Gasteiger partial charge >= 0.3 is 0 Å². The Balaban J connectivity index is 2.07. The lowest BCUT2D eigenvalue weighted by Crippen LogP contribution is -2.40. The number of pyridine rings is 1. The van der Waals surface area contributed by atoms with E-state index < -0.39 is 22.0 Å². The van der Waals surface area contributed by atoms with Crippen molar-refractivity contribution in [1.29, 1.82) is 0 Å². The van der Waals surface area contributed by atoms with Crippen molar-refractivity contribution < 1.29 is 22.7 Å². The van der Waals surface area contributed by atoms with Gasteiger partial charge < -0.3 is 4.74 Å². The van der Waals surface area contributed by atoms with Crippen LogP contribution in [-0.2, 0) is 14.8 Å². The number of amides is 1. The van der Waals surface area contributed by atoms with E-state index in [1.165, 1.54) is 38.2 Å². The highest BCUT2D eigenvalue weighted by Crippen LogP contribution is 2.16. The van der Waals surface area contributed by atoms with Gasteiger partial charge in [-0.25, -0.2) is 13.1 Å². The van der Waals surface area contributed by atoms with Crippen LogP contribution in [0.15, 0.2) is 53.7 Å². The van der Waals surface area contributed by atoms with Gasteiger partial charge in [0, 0.05) is 18.0 Å². The number of hydrogen-bond donors (Lipinski definition) is 1. The molecule has 2 aromatic rings. The number of ketones is 1. The molecule has 1 unspecified atom stereocenters.